The van der Waals surface area contributed by atoms with Crippen LogP contribution in [0.5, 0.6) is 5.75 Å². The molecule has 0 radical (unpaired) electrons. The van der Waals surface area contributed by atoms with E-state index in [1.165, 1.54) is 37.1 Å². The van der Waals surface area contributed by atoms with Crippen molar-refractivity contribution in [2.75, 3.05) is 31.6 Å². The number of thiazole rings is 1. The predicted molar refractivity (Wildman–Crippen MR) is 135 cm³/mol. The molecule has 0 spiro atoms. The van der Waals surface area contributed by atoms with E-state index in [2.05, 4.69) is 49.4 Å². The summed E-state index contributed by atoms with van der Waals surface area (Å²) in [6.07, 6.45) is 5.75. The highest BCUT2D eigenvalue weighted by Crippen LogP contribution is 2.38. The van der Waals surface area contributed by atoms with Gasteiger partial charge in [0.25, 0.3) is 0 Å². The minimum atomic E-state index is 0.674. The van der Waals surface area contributed by atoms with Crippen LogP contribution in [0, 0.1) is 0 Å². The van der Waals surface area contributed by atoms with Gasteiger partial charge in [-0.25, -0.2) is 4.98 Å². The number of para-hydroxylation sites is 1. The van der Waals surface area contributed by atoms with Crippen LogP contribution in [0.25, 0.3) is 21.5 Å². The van der Waals surface area contributed by atoms with Crippen LogP contribution in [-0.2, 0) is 7.05 Å². The van der Waals surface area contributed by atoms with Gasteiger partial charge in [-0.15, -0.1) is 0 Å². The molecule has 6 nitrogen and oxygen atoms in total. The second-order valence-corrected chi connectivity index (χ2v) is 9.92. The van der Waals surface area contributed by atoms with E-state index in [0.29, 0.717) is 6.61 Å². The molecule has 1 aliphatic rings. The van der Waals surface area contributed by atoms with Crippen molar-refractivity contribution < 1.29 is 4.74 Å². The Morgan fingerprint density at radius 3 is 2.75 bits per heavy atom. The van der Waals surface area contributed by atoms with Gasteiger partial charge in [-0.3, -0.25) is 9.58 Å². The van der Waals surface area contributed by atoms with E-state index in [1.54, 1.807) is 11.3 Å². The molecule has 1 fully saturated rings. The van der Waals surface area contributed by atoms with Crippen LogP contribution < -0.4 is 10.1 Å². The third-order valence-corrected chi connectivity index (χ3v) is 7.32. The Bertz CT molecular complexity index is 1160. The molecule has 32 heavy (non-hydrogen) atoms. The SMILES string of the molecule is Cn1ncc(Br)c1-c1cc(Nc2nc3ccccc3s2)ccc1OCCN1CCCCC1. The topological polar surface area (TPSA) is 55.2 Å². The van der Waals surface area contributed by atoms with E-state index in [4.69, 9.17) is 9.72 Å². The summed E-state index contributed by atoms with van der Waals surface area (Å²) < 4.78 is 10.3. The first kappa shape index (κ1) is 21.4. The molecule has 0 aliphatic carbocycles. The highest BCUT2D eigenvalue weighted by Gasteiger charge is 2.17. The third kappa shape index (κ3) is 4.67. The van der Waals surface area contributed by atoms with Crippen molar-refractivity contribution in [3.63, 3.8) is 0 Å². The molecule has 0 amide bonds. The molecular weight excluding hydrogens is 486 g/mol. The minimum Gasteiger partial charge on any atom is -0.492 e. The molecule has 1 aliphatic heterocycles. The zero-order chi connectivity index (χ0) is 21.9. The summed E-state index contributed by atoms with van der Waals surface area (Å²) in [7, 11) is 1.95. The van der Waals surface area contributed by atoms with Crippen LogP contribution in [0.15, 0.2) is 53.1 Å². The number of halogens is 1. The Labute approximate surface area is 200 Å². The van der Waals surface area contributed by atoms with Crippen molar-refractivity contribution in [3.05, 3.63) is 53.1 Å². The van der Waals surface area contributed by atoms with Gasteiger partial charge in [0, 0.05) is 24.8 Å². The minimum absolute atomic E-state index is 0.674. The monoisotopic (exact) mass is 511 g/mol. The van der Waals surface area contributed by atoms with E-state index in [0.717, 1.165) is 44.4 Å². The number of aryl methyl sites for hydroxylation is 1. The summed E-state index contributed by atoms with van der Waals surface area (Å²) in [5, 5.41) is 8.75. The van der Waals surface area contributed by atoms with Gasteiger partial charge in [0.05, 0.1) is 26.6 Å². The molecule has 1 saturated heterocycles. The molecule has 0 atom stereocenters. The molecule has 0 bridgehead atoms. The third-order valence-electron chi connectivity index (χ3n) is 5.79. The lowest BCUT2D eigenvalue weighted by atomic mass is 10.1. The molecule has 1 N–H and O–H groups in total. The van der Waals surface area contributed by atoms with E-state index in [1.807, 2.05) is 42.2 Å². The van der Waals surface area contributed by atoms with Gasteiger partial charge in [0.2, 0.25) is 0 Å². The molecule has 5 rings (SSSR count). The van der Waals surface area contributed by atoms with Gasteiger partial charge >= 0.3 is 0 Å². The van der Waals surface area contributed by atoms with Crippen molar-refractivity contribution in [2.45, 2.75) is 19.3 Å². The van der Waals surface area contributed by atoms with Gasteiger partial charge < -0.3 is 10.1 Å². The van der Waals surface area contributed by atoms with Crippen LogP contribution in [-0.4, -0.2) is 45.9 Å². The fraction of sp³-hybridized carbons (Fsp3) is 0.333. The van der Waals surface area contributed by atoms with E-state index in [9.17, 15) is 0 Å². The number of piperidine rings is 1. The Hall–Kier alpha value is -2.42. The average molecular weight is 512 g/mol. The van der Waals surface area contributed by atoms with Gasteiger partial charge in [0.15, 0.2) is 5.13 Å². The number of nitrogens with zero attached hydrogens (tertiary/aromatic N) is 4. The fourth-order valence-corrected chi connectivity index (χ4v) is 5.60. The van der Waals surface area contributed by atoms with Crippen molar-refractivity contribution >= 4 is 48.3 Å². The van der Waals surface area contributed by atoms with E-state index < -0.39 is 0 Å². The number of ether oxygens (including phenoxy) is 1. The second kappa shape index (κ2) is 9.60. The average Bonchev–Trinajstić information content (AvgIpc) is 3.37. The van der Waals surface area contributed by atoms with Crippen LogP contribution >= 0.6 is 27.3 Å². The molecule has 166 valence electrons. The summed E-state index contributed by atoms with van der Waals surface area (Å²) in [6, 6.07) is 14.4. The summed E-state index contributed by atoms with van der Waals surface area (Å²) in [5.41, 5.74) is 3.97. The zero-order valence-electron chi connectivity index (χ0n) is 18.1. The largest absolute Gasteiger partial charge is 0.492 e. The summed E-state index contributed by atoms with van der Waals surface area (Å²) in [5.74, 6) is 0.862. The van der Waals surface area contributed by atoms with Crippen LogP contribution in [0.4, 0.5) is 10.8 Å². The van der Waals surface area contributed by atoms with Crippen LogP contribution in [0.1, 0.15) is 19.3 Å². The van der Waals surface area contributed by atoms with Crippen molar-refractivity contribution in [1.29, 1.82) is 0 Å². The van der Waals surface area contributed by atoms with Gasteiger partial charge in [-0.1, -0.05) is 29.9 Å². The zero-order valence-corrected chi connectivity index (χ0v) is 20.5. The van der Waals surface area contributed by atoms with Gasteiger partial charge in [0.1, 0.15) is 12.4 Å². The van der Waals surface area contributed by atoms with Gasteiger partial charge in [-0.2, -0.15) is 5.10 Å². The number of nitrogens with one attached hydrogen (secondary N) is 1. The molecule has 0 saturated carbocycles. The normalized spacial score (nSPS) is 14.7. The maximum absolute atomic E-state index is 6.28. The number of fused-ring (bicyclic) bond motifs is 1. The Morgan fingerprint density at radius 2 is 1.97 bits per heavy atom. The summed E-state index contributed by atoms with van der Waals surface area (Å²) >= 11 is 5.31. The smallest absolute Gasteiger partial charge is 0.188 e. The molecule has 2 aromatic heterocycles. The van der Waals surface area contributed by atoms with Crippen molar-refractivity contribution in [2.24, 2.45) is 7.05 Å². The molecule has 4 aromatic rings. The lowest BCUT2D eigenvalue weighted by molar-refractivity contribution is 0.183. The number of hydrogen-bond donors (Lipinski definition) is 1. The summed E-state index contributed by atoms with van der Waals surface area (Å²) in [6.45, 7) is 3.98. The van der Waals surface area contributed by atoms with Crippen LogP contribution in [0.2, 0.25) is 0 Å². The highest BCUT2D eigenvalue weighted by atomic mass is 79.9. The number of likely N-dealkylation sites (tertiary alicyclic amines) is 1. The first-order valence-corrected chi connectivity index (χ1v) is 12.6. The summed E-state index contributed by atoms with van der Waals surface area (Å²) in [4.78, 5) is 7.20. The second-order valence-electron chi connectivity index (χ2n) is 8.04. The number of aromatic nitrogens is 3. The number of benzene rings is 2. The highest BCUT2D eigenvalue weighted by molar-refractivity contribution is 9.10. The van der Waals surface area contributed by atoms with Crippen molar-refractivity contribution in [1.82, 2.24) is 19.7 Å². The van der Waals surface area contributed by atoms with Gasteiger partial charge in [-0.05, 0) is 72.2 Å². The number of hydrogen-bond acceptors (Lipinski definition) is 6. The van der Waals surface area contributed by atoms with E-state index >= 15 is 0 Å². The van der Waals surface area contributed by atoms with Crippen molar-refractivity contribution in [3.8, 4) is 17.0 Å². The maximum atomic E-state index is 6.28. The molecule has 2 aromatic carbocycles. The predicted octanol–water partition coefficient (Wildman–Crippen LogP) is 6.07. The first-order valence-electron chi connectivity index (χ1n) is 11.0. The number of rotatable bonds is 7. The lowest BCUT2D eigenvalue weighted by Gasteiger charge is -2.26. The Morgan fingerprint density at radius 1 is 1.12 bits per heavy atom. The van der Waals surface area contributed by atoms with Crippen LogP contribution in [0.3, 0.4) is 0 Å². The maximum Gasteiger partial charge on any atom is 0.188 e. The molecule has 0 unspecified atom stereocenters. The Kier molecular flexibility index (Phi) is 6.43. The standard InChI is InChI=1S/C24H26BrN5OS/c1-29-23(19(25)16-26-29)18-15-17(27-24-28-20-7-3-4-8-22(20)32-24)9-10-21(18)31-14-13-30-11-5-2-6-12-30/h3-4,7-10,15-16H,2,5-6,11-14H2,1H3,(H,27,28). The lowest BCUT2D eigenvalue weighted by Crippen LogP contribution is -2.33. The quantitative estimate of drug-likeness (QED) is 0.326. The number of anilines is 2. The molecule has 3 heterocycles. The Balaban J connectivity index is 1.40. The molecule has 8 heteroatoms. The molecular formula is C24H26BrN5OS. The fourth-order valence-electron chi connectivity index (χ4n) is 4.15. The first-order chi connectivity index (χ1) is 15.7. The van der Waals surface area contributed by atoms with E-state index in [-0.39, 0.29) is 0 Å².